The van der Waals surface area contributed by atoms with Crippen LogP contribution in [0.1, 0.15) is 19.3 Å². The van der Waals surface area contributed by atoms with E-state index >= 15 is 0 Å². The standard InChI is InChI=1S/C32H52O52S9/c1-65-12-4-10(71-31-14(80-89(50,51)52)3-9(79-88(47,48)49)15(73-31)6-67-85(38,39)40)20(26(33)34)77-30(12)76-19-17(8-69-87(44,45)46)74-32(25(84-93(62,63)64)23(19)82-91(56,57)58)72-11-5-13(66-2)29(78-21(11)27(35)36)75-18-16(7-68-86(41,42)43)70-28(37)24(83-92(59,60)61)22(18)81-90(53,54)55/h9-25,28-32,37H,3-8H2,1-2H3,(H,33,34)(H,35,36)(H,38,39,40)(H,41,42,43)(H,44,45,46)(H,47,48,49)(H,50,51,52)(H,53,54,55)(H,56,57,58)(H,59,60,61)(H,62,63,64)/t9-,10-,11+,12+,13-,14+,15+,16+,17-,18+,19-,20-,21-,22-,23+,24+,25-,28+,29-,30+,31-,32+/m0/s1. The minimum absolute atomic E-state index is 0.714. The van der Waals surface area contributed by atoms with Crippen molar-refractivity contribution >= 4 is 106 Å². The molecule has 12 N–H and O–H groups in total. The normalized spacial score (nSPS) is 35.8. The fraction of sp³-hybridized carbons (Fsp3) is 0.938. The van der Waals surface area contributed by atoms with Gasteiger partial charge in [-0.15, -0.1) is 0 Å². The summed E-state index contributed by atoms with van der Waals surface area (Å²) in [7, 11) is -51.0. The quantitative estimate of drug-likeness (QED) is 0.0272. The van der Waals surface area contributed by atoms with Crippen LogP contribution in [-0.2, 0) is 193 Å². The van der Waals surface area contributed by atoms with E-state index in [9.17, 15) is 137 Å². The first-order chi connectivity index (χ1) is 42.1. The summed E-state index contributed by atoms with van der Waals surface area (Å²) in [6.07, 6.45) is -61.3. The van der Waals surface area contributed by atoms with Gasteiger partial charge in [0.05, 0.1) is 19.8 Å². The summed E-state index contributed by atoms with van der Waals surface area (Å²) >= 11 is 0. The first-order valence-electron chi connectivity index (χ1n) is 24.0. The van der Waals surface area contributed by atoms with Crippen LogP contribution in [0.15, 0.2) is 0 Å². The maximum Gasteiger partial charge on any atom is 0.397 e. The van der Waals surface area contributed by atoms with Gasteiger partial charge in [0.15, 0.2) is 55.9 Å². The summed E-state index contributed by atoms with van der Waals surface area (Å²) in [5, 5.41) is 31.4. The van der Waals surface area contributed by atoms with Crippen molar-refractivity contribution < 1.29 is 231 Å². The minimum Gasteiger partial charge on any atom is -0.479 e. The van der Waals surface area contributed by atoms with Crippen molar-refractivity contribution in [2.75, 3.05) is 34.0 Å². The summed E-state index contributed by atoms with van der Waals surface area (Å²) in [5.74, 6) is -4.45. The third-order valence-electron chi connectivity index (χ3n) is 12.3. The van der Waals surface area contributed by atoms with Gasteiger partial charge < -0.3 is 67.4 Å². The van der Waals surface area contributed by atoms with Crippen LogP contribution in [0.3, 0.4) is 0 Å². The number of methoxy groups -OCH3 is 2. The molecule has 0 bridgehead atoms. The number of aliphatic hydroxyl groups excluding tert-OH is 1. The molecular weight excluding hydrogens is 1500 g/mol. The van der Waals surface area contributed by atoms with Gasteiger partial charge in [0.25, 0.3) is 0 Å². The second-order valence-corrected chi connectivity index (χ2v) is 28.3. The Morgan fingerprint density at radius 3 is 1.00 bits per heavy atom. The van der Waals surface area contributed by atoms with E-state index in [4.69, 9.17) is 56.7 Å². The molecule has 0 spiro atoms. The van der Waals surface area contributed by atoms with E-state index in [2.05, 4.69) is 37.6 Å². The maximum atomic E-state index is 13.0. The molecule has 0 saturated carbocycles. The molecular formula is C32H52O52S9. The van der Waals surface area contributed by atoms with Crippen molar-refractivity contribution in [2.45, 2.75) is 154 Å². The van der Waals surface area contributed by atoms with Gasteiger partial charge in [0.1, 0.15) is 79.4 Å². The summed E-state index contributed by atoms with van der Waals surface area (Å²) < 4.78 is 400. The molecule has 0 aromatic heterocycles. The van der Waals surface area contributed by atoms with Crippen LogP contribution in [0, 0.1) is 0 Å². The summed E-state index contributed by atoms with van der Waals surface area (Å²) in [4.78, 5) is 25.9. The smallest absolute Gasteiger partial charge is 0.397 e. The molecule has 61 heteroatoms. The average Bonchev–Trinajstić information content (AvgIpc) is 0.774. The number of rotatable bonds is 33. The lowest BCUT2D eigenvalue weighted by Gasteiger charge is -2.49. The first-order valence-corrected chi connectivity index (χ1v) is 36.3. The molecule has 52 nitrogen and oxygen atoms in total. The number of ether oxygens (including phenoxy) is 11. The zero-order chi connectivity index (χ0) is 70.7. The Kier molecular flexibility index (Phi) is 27.2. The van der Waals surface area contributed by atoms with Crippen LogP contribution in [0.4, 0.5) is 0 Å². The predicted molar refractivity (Wildman–Crippen MR) is 267 cm³/mol. The van der Waals surface area contributed by atoms with Gasteiger partial charge in [0, 0.05) is 33.5 Å². The molecule has 0 radical (unpaired) electrons. The van der Waals surface area contributed by atoms with Crippen molar-refractivity contribution in [3.05, 3.63) is 0 Å². The highest BCUT2D eigenvalue weighted by Gasteiger charge is 2.59. The number of hydrogen-bond acceptors (Lipinski definition) is 41. The molecule has 5 aliphatic rings. The molecule has 0 aliphatic carbocycles. The lowest BCUT2D eigenvalue weighted by Crippen LogP contribution is -2.66. The molecule has 5 saturated heterocycles. The van der Waals surface area contributed by atoms with E-state index < -0.39 is 280 Å². The fourth-order valence-corrected chi connectivity index (χ4v) is 13.0. The zero-order valence-electron chi connectivity index (χ0n) is 45.3. The molecule has 0 amide bonds. The van der Waals surface area contributed by atoms with Crippen LogP contribution >= 0.6 is 0 Å². The van der Waals surface area contributed by atoms with Crippen molar-refractivity contribution in [3.8, 4) is 0 Å². The minimum atomic E-state index is -6.23. The average molecular weight is 1560 g/mol. The van der Waals surface area contributed by atoms with E-state index in [1.54, 1.807) is 0 Å². The summed E-state index contributed by atoms with van der Waals surface area (Å²) in [6, 6.07) is 0. The number of carboxylic acids is 2. The molecule has 5 fully saturated rings. The number of aliphatic hydroxyl groups is 1. The van der Waals surface area contributed by atoms with Crippen LogP contribution in [0.25, 0.3) is 0 Å². The molecule has 5 rings (SSSR count). The van der Waals surface area contributed by atoms with Gasteiger partial charge in [-0.3, -0.25) is 41.0 Å². The Hall–Kier alpha value is -2.71. The summed E-state index contributed by atoms with van der Waals surface area (Å²) in [6.45, 7) is -4.96. The number of aliphatic carboxylic acids is 2. The second-order valence-electron chi connectivity index (χ2n) is 18.7. The maximum absolute atomic E-state index is 13.0. The molecule has 546 valence electrons. The number of hydrogen-bond donors (Lipinski definition) is 12. The van der Waals surface area contributed by atoms with Gasteiger partial charge in [-0.1, -0.05) is 0 Å². The highest BCUT2D eigenvalue weighted by atomic mass is 32.3. The van der Waals surface area contributed by atoms with Gasteiger partial charge in [0.2, 0.25) is 0 Å². The van der Waals surface area contributed by atoms with Crippen molar-refractivity contribution in [3.63, 3.8) is 0 Å². The van der Waals surface area contributed by atoms with Crippen LogP contribution in [0.2, 0.25) is 0 Å². The molecule has 0 aromatic carbocycles. The van der Waals surface area contributed by atoms with E-state index in [1.807, 2.05) is 0 Å². The Morgan fingerprint density at radius 2 is 0.634 bits per heavy atom. The van der Waals surface area contributed by atoms with Gasteiger partial charge in [-0.05, 0) is 0 Å². The zero-order valence-corrected chi connectivity index (χ0v) is 52.7. The third kappa shape index (κ3) is 26.2. The van der Waals surface area contributed by atoms with E-state index in [1.165, 1.54) is 0 Å². The molecule has 0 unspecified atom stereocenters. The molecule has 5 aliphatic heterocycles. The first kappa shape index (κ1) is 81.0. The SMILES string of the molecule is CO[C@H]1C[C@@H](O[C@@H]2O[C@@H](COS(=O)(=O)O)[C@H](O[C@@H]3O[C@H](C(=O)O)[C@@H](O[C@H]4O[C@H](COS(=O)(=O)O)[C@@H](OS(=O)(=O)O)C[C@H]4OS(=O)(=O)O)C[C@H]3OC)[C@@H](OS(=O)(=O)O)[C@@H]2OS(=O)(=O)O)[C@@H](C(=O)O)O[C@@H]1O[C@H]1[C@H](OS(=O)(=O)O)[C@@H](OS(=O)(=O)O)[C@H](O)O[C@@H]1COS(=O)(=O)O. The topological polar surface area (TPSA) is 769 Å². The van der Waals surface area contributed by atoms with E-state index in [-0.39, 0.29) is 0 Å². The summed E-state index contributed by atoms with van der Waals surface area (Å²) in [5.41, 5.74) is 0. The Balaban J connectivity index is 1.56. The second kappa shape index (κ2) is 31.2. The fourth-order valence-electron chi connectivity index (χ4n) is 9.09. The predicted octanol–water partition coefficient (Wildman–Crippen LogP) is -8.90. The molecule has 0 aromatic rings. The van der Waals surface area contributed by atoms with Crippen molar-refractivity contribution in [2.24, 2.45) is 0 Å². The van der Waals surface area contributed by atoms with Gasteiger partial charge in [-0.25, -0.2) is 47.2 Å². The largest absolute Gasteiger partial charge is 0.479 e. The lowest BCUT2D eigenvalue weighted by molar-refractivity contribution is -0.368. The Bertz CT molecular complexity index is 3660. The Labute approximate surface area is 523 Å². The lowest BCUT2D eigenvalue weighted by atomic mass is 9.96. The monoisotopic (exact) mass is 1560 g/mol. The van der Waals surface area contributed by atoms with Crippen LogP contribution in [-0.4, -0.2) is 313 Å². The van der Waals surface area contributed by atoms with E-state index in [0.29, 0.717) is 7.11 Å². The molecule has 93 heavy (non-hydrogen) atoms. The van der Waals surface area contributed by atoms with Gasteiger partial charge >= 0.3 is 106 Å². The van der Waals surface area contributed by atoms with Gasteiger partial charge in [-0.2, -0.15) is 75.8 Å². The van der Waals surface area contributed by atoms with Crippen LogP contribution < -0.4 is 0 Å². The number of carboxylic acid groups (broad SMARTS) is 2. The van der Waals surface area contributed by atoms with Crippen molar-refractivity contribution in [1.82, 2.24) is 0 Å². The van der Waals surface area contributed by atoms with E-state index in [0.717, 1.165) is 7.11 Å². The van der Waals surface area contributed by atoms with Crippen molar-refractivity contribution in [1.29, 1.82) is 0 Å². The number of carbonyl (C=O) groups is 2. The van der Waals surface area contributed by atoms with Crippen LogP contribution in [0.5, 0.6) is 0 Å². The highest BCUT2D eigenvalue weighted by molar-refractivity contribution is 7.82. The molecule has 5 heterocycles. The molecule has 22 atom stereocenters. The Morgan fingerprint density at radius 1 is 0.333 bits per heavy atom. The third-order valence-corrected chi connectivity index (χ3v) is 16.5. The highest BCUT2D eigenvalue weighted by Crippen LogP contribution is 2.40.